The molecular weight excluding hydrogens is 320 g/mol. The SMILES string of the molecule is O=C1CCCCC1=C1CCCCC1.O=C1CCCCC1C1=CCCCC1. The number of rotatable bonds is 1. The molecule has 0 aromatic heterocycles. The molecule has 0 aromatic rings. The molecule has 1 unspecified atom stereocenters. The monoisotopic (exact) mass is 356 g/mol. The van der Waals surface area contributed by atoms with Gasteiger partial charge >= 0.3 is 0 Å². The van der Waals surface area contributed by atoms with Crippen LogP contribution < -0.4 is 0 Å². The topological polar surface area (TPSA) is 34.1 Å². The summed E-state index contributed by atoms with van der Waals surface area (Å²) in [5, 5.41) is 0. The molecule has 0 aromatic carbocycles. The van der Waals surface area contributed by atoms with Crippen LogP contribution in [-0.2, 0) is 9.59 Å². The summed E-state index contributed by atoms with van der Waals surface area (Å²) in [7, 11) is 0. The van der Waals surface area contributed by atoms with E-state index in [1.165, 1.54) is 87.3 Å². The highest BCUT2D eigenvalue weighted by Crippen LogP contribution is 2.33. The van der Waals surface area contributed by atoms with E-state index >= 15 is 0 Å². The lowest BCUT2D eigenvalue weighted by molar-refractivity contribution is -0.123. The smallest absolute Gasteiger partial charge is 0.158 e. The zero-order chi connectivity index (χ0) is 18.2. The summed E-state index contributed by atoms with van der Waals surface area (Å²) in [4.78, 5) is 23.3. The second-order valence-corrected chi connectivity index (χ2v) is 8.56. The highest BCUT2D eigenvalue weighted by molar-refractivity contribution is 5.96. The number of ketones is 2. The molecule has 4 aliphatic carbocycles. The Morgan fingerprint density at radius 3 is 2.04 bits per heavy atom. The van der Waals surface area contributed by atoms with Gasteiger partial charge in [0.25, 0.3) is 0 Å². The van der Waals surface area contributed by atoms with Gasteiger partial charge in [-0.05, 0) is 89.0 Å². The van der Waals surface area contributed by atoms with Crippen molar-refractivity contribution in [1.29, 1.82) is 0 Å². The van der Waals surface area contributed by atoms with Gasteiger partial charge in [-0.25, -0.2) is 0 Å². The van der Waals surface area contributed by atoms with Gasteiger partial charge in [0.2, 0.25) is 0 Å². The van der Waals surface area contributed by atoms with Gasteiger partial charge in [-0.2, -0.15) is 0 Å². The fourth-order valence-corrected chi connectivity index (χ4v) is 5.09. The molecule has 2 nitrogen and oxygen atoms in total. The van der Waals surface area contributed by atoms with E-state index in [0.717, 1.165) is 38.5 Å². The first-order chi connectivity index (χ1) is 12.8. The van der Waals surface area contributed by atoms with Crippen molar-refractivity contribution in [2.75, 3.05) is 0 Å². The Balaban J connectivity index is 0.000000151. The minimum absolute atomic E-state index is 0.328. The van der Waals surface area contributed by atoms with Crippen LogP contribution in [0.3, 0.4) is 0 Å². The summed E-state index contributed by atoms with van der Waals surface area (Å²) in [5.41, 5.74) is 4.21. The van der Waals surface area contributed by atoms with E-state index in [0.29, 0.717) is 17.5 Å². The lowest BCUT2D eigenvalue weighted by atomic mass is 9.79. The summed E-state index contributed by atoms with van der Waals surface area (Å²) < 4.78 is 0. The quantitative estimate of drug-likeness (QED) is 0.390. The molecule has 0 aliphatic heterocycles. The number of Topliss-reactive ketones (excluding diaryl/α,β-unsaturated/α-hetero) is 2. The molecule has 0 saturated heterocycles. The van der Waals surface area contributed by atoms with Gasteiger partial charge in [0.05, 0.1) is 0 Å². The Morgan fingerprint density at radius 2 is 1.35 bits per heavy atom. The van der Waals surface area contributed by atoms with Gasteiger partial charge in [0.1, 0.15) is 5.78 Å². The third-order valence-corrected chi connectivity index (χ3v) is 6.63. The van der Waals surface area contributed by atoms with Gasteiger partial charge in [0.15, 0.2) is 5.78 Å². The van der Waals surface area contributed by atoms with Crippen molar-refractivity contribution in [3.8, 4) is 0 Å². The van der Waals surface area contributed by atoms with E-state index in [2.05, 4.69) is 6.08 Å². The Labute approximate surface area is 159 Å². The number of carbonyl (C=O) groups excluding carboxylic acids is 2. The molecule has 144 valence electrons. The molecule has 4 aliphatic rings. The van der Waals surface area contributed by atoms with Crippen molar-refractivity contribution in [1.82, 2.24) is 0 Å². The summed E-state index contributed by atoms with van der Waals surface area (Å²) in [6.07, 6.45) is 22.4. The molecule has 26 heavy (non-hydrogen) atoms. The van der Waals surface area contributed by atoms with E-state index in [1.807, 2.05) is 0 Å². The molecule has 0 amide bonds. The highest BCUT2D eigenvalue weighted by Gasteiger charge is 2.25. The summed E-state index contributed by atoms with van der Waals surface area (Å²) in [6, 6.07) is 0. The molecular formula is C24H36O2. The molecule has 0 bridgehead atoms. The van der Waals surface area contributed by atoms with Crippen molar-refractivity contribution in [2.24, 2.45) is 5.92 Å². The zero-order valence-electron chi connectivity index (χ0n) is 16.5. The van der Waals surface area contributed by atoms with Crippen LogP contribution in [0.4, 0.5) is 0 Å². The average molecular weight is 357 g/mol. The van der Waals surface area contributed by atoms with Crippen molar-refractivity contribution < 1.29 is 9.59 Å². The predicted molar refractivity (Wildman–Crippen MR) is 107 cm³/mol. The summed E-state index contributed by atoms with van der Waals surface area (Å²) in [5.74, 6) is 1.30. The summed E-state index contributed by atoms with van der Waals surface area (Å²) >= 11 is 0. The molecule has 0 N–H and O–H groups in total. The van der Waals surface area contributed by atoms with Crippen LogP contribution in [0.25, 0.3) is 0 Å². The maximum Gasteiger partial charge on any atom is 0.158 e. The van der Waals surface area contributed by atoms with Crippen LogP contribution in [0.2, 0.25) is 0 Å². The second kappa shape index (κ2) is 10.2. The number of hydrogen-bond donors (Lipinski definition) is 0. The van der Waals surface area contributed by atoms with E-state index < -0.39 is 0 Å². The molecule has 3 saturated carbocycles. The Kier molecular flexibility index (Phi) is 7.70. The van der Waals surface area contributed by atoms with Gasteiger partial charge in [0, 0.05) is 18.8 Å². The molecule has 0 spiro atoms. The van der Waals surface area contributed by atoms with Crippen LogP contribution in [0.15, 0.2) is 22.8 Å². The molecule has 4 rings (SSSR count). The third-order valence-electron chi connectivity index (χ3n) is 6.63. The first-order valence-corrected chi connectivity index (χ1v) is 11.2. The second-order valence-electron chi connectivity index (χ2n) is 8.56. The fraction of sp³-hybridized carbons (Fsp3) is 0.750. The maximum atomic E-state index is 11.7. The van der Waals surface area contributed by atoms with E-state index in [1.54, 1.807) is 0 Å². The van der Waals surface area contributed by atoms with Gasteiger partial charge < -0.3 is 0 Å². The van der Waals surface area contributed by atoms with Gasteiger partial charge in [-0.1, -0.05) is 30.1 Å². The first kappa shape index (κ1) is 19.6. The molecule has 2 heteroatoms. The van der Waals surface area contributed by atoms with E-state index in [9.17, 15) is 9.59 Å². The maximum absolute atomic E-state index is 11.7. The Hall–Kier alpha value is -1.18. The Morgan fingerprint density at radius 1 is 0.654 bits per heavy atom. The number of carbonyl (C=O) groups is 2. The number of allylic oxidation sites excluding steroid dienone is 4. The first-order valence-electron chi connectivity index (χ1n) is 11.2. The lowest BCUT2D eigenvalue weighted by Gasteiger charge is -2.25. The van der Waals surface area contributed by atoms with Crippen LogP contribution in [0.5, 0.6) is 0 Å². The van der Waals surface area contributed by atoms with Crippen LogP contribution in [-0.4, -0.2) is 11.6 Å². The largest absolute Gasteiger partial charge is 0.299 e. The van der Waals surface area contributed by atoms with Crippen molar-refractivity contribution in [2.45, 2.75) is 109 Å². The predicted octanol–water partition coefficient (Wildman–Crippen LogP) is 6.64. The fourth-order valence-electron chi connectivity index (χ4n) is 5.09. The van der Waals surface area contributed by atoms with Crippen molar-refractivity contribution in [3.05, 3.63) is 22.8 Å². The van der Waals surface area contributed by atoms with E-state index in [-0.39, 0.29) is 0 Å². The minimum Gasteiger partial charge on any atom is -0.299 e. The summed E-state index contributed by atoms with van der Waals surface area (Å²) in [6.45, 7) is 0. The average Bonchev–Trinajstić information content (AvgIpc) is 2.71. The van der Waals surface area contributed by atoms with E-state index in [4.69, 9.17) is 0 Å². The normalized spacial score (nSPS) is 27.5. The molecule has 0 radical (unpaired) electrons. The van der Waals surface area contributed by atoms with Gasteiger partial charge in [-0.3, -0.25) is 9.59 Å². The van der Waals surface area contributed by atoms with Crippen molar-refractivity contribution in [3.63, 3.8) is 0 Å². The van der Waals surface area contributed by atoms with Crippen molar-refractivity contribution >= 4 is 11.6 Å². The third kappa shape index (κ3) is 5.41. The minimum atomic E-state index is 0.328. The molecule has 1 atom stereocenters. The highest BCUT2D eigenvalue weighted by atomic mass is 16.1. The standard InChI is InChI=1S/2C12H18O/c2*13-12-9-5-4-8-11(12)10-6-2-1-3-7-10/h1-9H2;6,11H,1-5,7-9H2. The molecule has 3 fully saturated rings. The van der Waals surface area contributed by atoms with Gasteiger partial charge in [-0.15, -0.1) is 0 Å². The molecule has 0 heterocycles. The zero-order valence-corrected chi connectivity index (χ0v) is 16.5. The lowest BCUT2D eigenvalue weighted by Crippen LogP contribution is -2.21. The number of hydrogen-bond acceptors (Lipinski definition) is 2. The van der Waals surface area contributed by atoms with Crippen LogP contribution in [0.1, 0.15) is 109 Å². The van der Waals surface area contributed by atoms with Crippen LogP contribution >= 0.6 is 0 Å². The Bertz CT molecular complexity index is 559. The van der Waals surface area contributed by atoms with Crippen LogP contribution in [0, 0.1) is 5.92 Å².